The number of hydrogen-bond acceptors (Lipinski definition) is 5. The Morgan fingerprint density at radius 2 is 2.30 bits per heavy atom. The smallest absolute Gasteiger partial charge is 0.235 e. The van der Waals surface area contributed by atoms with E-state index >= 15 is 0 Å². The third-order valence-corrected chi connectivity index (χ3v) is 4.69. The highest BCUT2D eigenvalue weighted by Gasteiger charge is 2.32. The lowest BCUT2D eigenvalue weighted by Crippen LogP contribution is -2.22. The van der Waals surface area contributed by atoms with E-state index in [-0.39, 0.29) is 22.3 Å². The zero-order valence-electron chi connectivity index (χ0n) is 12.5. The minimum absolute atomic E-state index is 0.197. The lowest BCUT2D eigenvalue weighted by Gasteiger charge is -2.23. The molecule has 122 valence electrons. The Labute approximate surface area is 143 Å². The number of aromatic nitrogens is 1. The van der Waals surface area contributed by atoms with Crippen molar-refractivity contribution in [2.45, 2.75) is 19.4 Å². The summed E-state index contributed by atoms with van der Waals surface area (Å²) in [5, 5.41) is 3.82. The first-order valence-electron chi connectivity index (χ1n) is 7.33. The molecule has 1 aromatic heterocycles. The second-order valence-electron chi connectivity index (χ2n) is 5.45. The highest BCUT2D eigenvalue weighted by molar-refractivity contribution is 6.44. The molecule has 0 bridgehead atoms. The van der Waals surface area contributed by atoms with Gasteiger partial charge in [-0.05, 0) is 32.0 Å². The van der Waals surface area contributed by atoms with E-state index in [2.05, 4.69) is 10.3 Å². The summed E-state index contributed by atoms with van der Waals surface area (Å²) < 4.78 is 11.5. The van der Waals surface area contributed by atoms with E-state index in [1.807, 2.05) is 0 Å². The lowest BCUT2D eigenvalue weighted by atomic mass is 10.0. The van der Waals surface area contributed by atoms with Gasteiger partial charge in [0.1, 0.15) is 12.0 Å². The SMILES string of the molecule is CC(=O)c1c(OC(c2ncco2)C2CCNC2)ccc(Cl)c1Cl. The van der Waals surface area contributed by atoms with Crippen molar-refractivity contribution in [3.05, 3.63) is 46.1 Å². The summed E-state index contributed by atoms with van der Waals surface area (Å²) in [6.45, 7) is 3.14. The van der Waals surface area contributed by atoms with Crippen LogP contribution in [0.25, 0.3) is 0 Å². The van der Waals surface area contributed by atoms with Crippen LogP contribution in [0.5, 0.6) is 5.75 Å². The molecule has 2 atom stereocenters. The molecule has 0 aliphatic carbocycles. The van der Waals surface area contributed by atoms with Gasteiger partial charge in [-0.15, -0.1) is 0 Å². The van der Waals surface area contributed by atoms with E-state index in [0.29, 0.717) is 16.7 Å². The average Bonchev–Trinajstić information content (AvgIpc) is 3.21. The van der Waals surface area contributed by atoms with Crippen LogP contribution in [0.3, 0.4) is 0 Å². The topological polar surface area (TPSA) is 64.4 Å². The monoisotopic (exact) mass is 354 g/mol. The summed E-state index contributed by atoms with van der Waals surface area (Å²) >= 11 is 12.2. The van der Waals surface area contributed by atoms with Crippen LogP contribution in [0.2, 0.25) is 10.0 Å². The molecule has 0 saturated carbocycles. The van der Waals surface area contributed by atoms with Crippen LogP contribution in [0, 0.1) is 5.92 Å². The molecule has 23 heavy (non-hydrogen) atoms. The Morgan fingerprint density at radius 3 is 2.91 bits per heavy atom. The Balaban J connectivity index is 1.97. The maximum atomic E-state index is 12.0. The van der Waals surface area contributed by atoms with E-state index < -0.39 is 6.10 Å². The molecule has 1 N–H and O–H groups in total. The number of halogens is 2. The fourth-order valence-corrected chi connectivity index (χ4v) is 3.20. The van der Waals surface area contributed by atoms with Crippen LogP contribution >= 0.6 is 23.2 Å². The van der Waals surface area contributed by atoms with Gasteiger partial charge in [0.2, 0.25) is 5.89 Å². The van der Waals surface area contributed by atoms with Gasteiger partial charge in [-0.25, -0.2) is 4.98 Å². The predicted octanol–water partition coefficient (Wildman–Crippen LogP) is 3.91. The first-order chi connectivity index (χ1) is 11.1. The standard InChI is InChI=1S/C16H16Cl2N2O3/c1-9(21)13-12(3-2-11(17)14(13)18)23-15(10-4-5-19-8-10)16-20-6-7-22-16/h2-3,6-7,10,15,19H,4-5,8H2,1H3. The maximum Gasteiger partial charge on any atom is 0.235 e. The molecule has 0 amide bonds. The van der Waals surface area contributed by atoms with Crippen molar-refractivity contribution < 1.29 is 13.9 Å². The van der Waals surface area contributed by atoms with Crippen LogP contribution in [0.4, 0.5) is 0 Å². The third-order valence-electron chi connectivity index (χ3n) is 3.88. The van der Waals surface area contributed by atoms with Crippen LogP contribution < -0.4 is 10.1 Å². The van der Waals surface area contributed by atoms with Crippen LogP contribution in [0.1, 0.15) is 35.7 Å². The number of benzene rings is 1. The van der Waals surface area contributed by atoms with Crippen molar-refractivity contribution in [2.75, 3.05) is 13.1 Å². The Kier molecular flexibility index (Phi) is 4.90. The van der Waals surface area contributed by atoms with Gasteiger partial charge < -0.3 is 14.5 Å². The van der Waals surface area contributed by atoms with Crippen molar-refractivity contribution in [1.82, 2.24) is 10.3 Å². The minimum atomic E-state index is -0.393. The number of oxazole rings is 1. The molecule has 2 aromatic rings. The summed E-state index contributed by atoms with van der Waals surface area (Å²) in [4.78, 5) is 16.2. The molecule has 1 aliphatic rings. The number of Topliss-reactive ketones (excluding diaryl/α,β-unsaturated/α-hetero) is 1. The van der Waals surface area contributed by atoms with Crippen LogP contribution in [-0.2, 0) is 0 Å². The normalized spacial score (nSPS) is 18.8. The van der Waals surface area contributed by atoms with E-state index in [1.54, 1.807) is 18.3 Å². The number of nitrogens with zero attached hydrogens (tertiary/aromatic N) is 1. The van der Waals surface area contributed by atoms with E-state index in [4.69, 9.17) is 32.4 Å². The molecule has 1 fully saturated rings. The summed E-state index contributed by atoms with van der Waals surface area (Å²) in [6, 6.07) is 3.27. The van der Waals surface area contributed by atoms with Gasteiger partial charge in [-0.3, -0.25) is 4.79 Å². The quantitative estimate of drug-likeness (QED) is 0.824. The second kappa shape index (κ2) is 6.91. The number of carbonyl (C=O) groups excluding carboxylic acids is 1. The Morgan fingerprint density at radius 1 is 1.48 bits per heavy atom. The predicted molar refractivity (Wildman–Crippen MR) is 87.3 cm³/mol. The molecule has 0 spiro atoms. The first kappa shape index (κ1) is 16.3. The van der Waals surface area contributed by atoms with E-state index in [1.165, 1.54) is 13.2 Å². The molecule has 0 radical (unpaired) electrons. The largest absolute Gasteiger partial charge is 0.480 e. The lowest BCUT2D eigenvalue weighted by molar-refractivity contribution is 0.0973. The van der Waals surface area contributed by atoms with Crippen LogP contribution in [-0.4, -0.2) is 23.9 Å². The number of rotatable bonds is 5. The molecule has 2 heterocycles. The second-order valence-corrected chi connectivity index (χ2v) is 6.24. The zero-order valence-corrected chi connectivity index (χ0v) is 14.0. The minimum Gasteiger partial charge on any atom is -0.480 e. The summed E-state index contributed by atoms with van der Waals surface area (Å²) in [7, 11) is 0. The molecule has 1 saturated heterocycles. The van der Waals surface area contributed by atoms with Gasteiger partial charge in [0.25, 0.3) is 0 Å². The van der Waals surface area contributed by atoms with Crippen molar-refractivity contribution >= 4 is 29.0 Å². The fraction of sp³-hybridized carbons (Fsp3) is 0.375. The van der Waals surface area contributed by atoms with Gasteiger partial charge >= 0.3 is 0 Å². The van der Waals surface area contributed by atoms with Crippen molar-refractivity contribution in [3.8, 4) is 5.75 Å². The molecule has 1 aliphatic heterocycles. The molecular weight excluding hydrogens is 339 g/mol. The van der Waals surface area contributed by atoms with Crippen LogP contribution in [0.15, 0.2) is 29.0 Å². The molecular formula is C16H16Cl2N2O3. The zero-order chi connectivity index (χ0) is 16.4. The van der Waals surface area contributed by atoms with Crippen molar-refractivity contribution in [2.24, 2.45) is 5.92 Å². The van der Waals surface area contributed by atoms with Crippen molar-refractivity contribution in [3.63, 3.8) is 0 Å². The average molecular weight is 355 g/mol. The highest BCUT2D eigenvalue weighted by atomic mass is 35.5. The van der Waals surface area contributed by atoms with Gasteiger partial charge in [-0.2, -0.15) is 0 Å². The molecule has 1 aromatic carbocycles. The van der Waals surface area contributed by atoms with E-state index in [0.717, 1.165) is 19.5 Å². The van der Waals surface area contributed by atoms with Crippen molar-refractivity contribution in [1.29, 1.82) is 0 Å². The van der Waals surface area contributed by atoms with Gasteiger partial charge in [0.15, 0.2) is 11.9 Å². The number of nitrogens with one attached hydrogen (secondary N) is 1. The molecule has 2 unspecified atom stereocenters. The number of ether oxygens (including phenoxy) is 1. The Hall–Kier alpha value is -1.56. The number of hydrogen-bond donors (Lipinski definition) is 1. The van der Waals surface area contributed by atoms with E-state index in [9.17, 15) is 4.79 Å². The van der Waals surface area contributed by atoms with Gasteiger partial charge in [0, 0.05) is 12.5 Å². The van der Waals surface area contributed by atoms with Gasteiger partial charge in [-0.1, -0.05) is 23.2 Å². The number of carbonyl (C=O) groups is 1. The fourth-order valence-electron chi connectivity index (χ4n) is 2.75. The third kappa shape index (κ3) is 3.37. The first-order valence-corrected chi connectivity index (χ1v) is 8.09. The number of ketones is 1. The molecule has 3 rings (SSSR count). The molecule has 5 nitrogen and oxygen atoms in total. The van der Waals surface area contributed by atoms with Gasteiger partial charge in [0.05, 0.1) is 21.8 Å². The highest BCUT2D eigenvalue weighted by Crippen LogP contribution is 2.38. The maximum absolute atomic E-state index is 12.0. The molecule has 7 heteroatoms. The summed E-state index contributed by atoms with van der Waals surface area (Å²) in [6.07, 6.45) is 3.63. The summed E-state index contributed by atoms with van der Waals surface area (Å²) in [5.74, 6) is 0.868. The Bertz CT molecular complexity index is 698. The summed E-state index contributed by atoms with van der Waals surface area (Å²) in [5.41, 5.74) is 0.279.